The van der Waals surface area contributed by atoms with E-state index in [1.54, 1.807) is 18.0 Å². The average Bonchev–Trinajstić information content (AvgIpc) is 2.89. The number of benzene rings is 1. The minimum atomic E-state index is -0.918. The Morgan fingerprint density at radius 3 is 2.55 bits per heavy atom. The number of hydrogen-bond acceptors (Lipinski definition) is 7. The Balaban J connectivity index is 1.46. The zero-order valence-electron chi connectivity index (χ0n) is 22.1. The third-order valence-corrected chi connectivity index (χ3v) is 8.15. The molecule has 2 N–H and O–H groups in total. The number of halogens is 1. The Labute approximate surface area is 234 Å². The van der Waals surface area contributed by atoms with Gasteiger partial charge >= 0.3 is 6.09 Å². The summed E-state index contributed by atoms with van der Waals surface area (Å²) in [6, 6.07) is 10.0. The number of hydrogen-bond donors (Lipinski definition) is 2. The van der Waals surface area contributed by atoms with E-state index in [0.717, 1.165) is 54.9 Å². The molecule has 1 aromatic heterocycles. The summed E-state index contributed by atoms with van der Waals surface area (Å²) in [5, 5.41) is 6.48. The van der Waals surface area contributed by atoms with Gasteiger partial charge in [-0.3, -0.25) is 9.59 Å². The van der Waals surface area contributed by atoms with E-state index in [2.05, 4.69) is 20.6 Å². The Bertz CT molecular complexity index is 1070. The highest BCUT2D eigenvalue weighted by Crippen LogP contribution is 2.45. The fourth-order valence-electron chi connectivity index (χ4n) is 4.50. The lowest BCUT2D eigenvalue weighted by Crippen LogP contribution is -2.48. The van der Waals surface area contributed by atoms with Gasteiger partial charge in [0.15, 0.2) is 0 Å². The maximum absolute atomic E-state index is 12.9. The Hall–Kier alpha value is -2.65. The molecule has 1 aliphatic carbocycles. The number of nitrogens with zero attached hydrogens (tertiary/aromatic N) is 2. The first-order chi connectivity index (χ1) is 18.3. The molecule has 10 heteroatoms. The van der Waals surface area contributed by atoms with E-state index in [0.29, 0.717) is 19.4 Å². The number of ether oxygens (including phenoxy) is 1. The van der Waals surface area contributed by atoms with Gasteiger partial charge in [0.25, 0.3) is 5.91 Å². The lowest BCUT2D eigenvalue weighted by Gasteiger charge is -2.41. The number of amides is 2. The van der Waals surface area contributed by atoms with Crippen LogP contribution in [0.3, 0.4) is 0 Å². The third kappa shape index (κ3) is 9.27. The summed E-state index contributed by atoms with van der Waals surface area (Å²) in [4.78, 5) is 46.4. The quantitative estimate of drug-likeness (QED) is 0.0916. The van der Waals surface area contributed by atoms with Crippen LogP contribution in [0.5, 0.6) is 0 Å². The standard InChI is InChI=1S/C28H37ClN4O4S/c1-3-4-12-22(24(34)25(35)31-20(2)21-10-6-5-7-11-21)32-27(36)37-19-28(14-8-15-28)16-9-18-38-23-13-17-30-26(29)33-23/h5-7,10-11,13,17,20,22H,3-4,8-9,12,14-16,18-19H2,1-2H3,(H,31,35)(H,32,36)/t20-,22+/m1/s1. The smallest absolute Gasteiger partial charge is 0.407 e. The van der Waals surface area contributed by atoms with E-state index in [9.17, 15) is 14.4 Å². The number of alkyl carbamates (subject to hydrolysis) is 1. The van der Waals surface area contributed by atoms with Crippen LogP contribution in [0.1, 0.15) is 76.8 Å². The van der Waals surface area contributed by atoms with Gasteiger partial charge in [0.2, 0.25) is 11.1 Å². The molecule has 2 atom stereocenters. The average molecular weight is 561 g/mol. The molecule has 206 valence electrons. The van der Waals surface area contributed by atoms with Crippen LogP contribution in [-0.2, 0) is 14.3 Å². The maximum Gasteiger partial charge on any atom is 0.407 e. The van der Waals surface area contributed by atoms with Gasteiger partial charge in [-0.15, -0.1) is 11.8 Å². The first kappa shape index (κ1) is 29.9. The zero-order valence-corrected chi connectivity index (χ0v) is 23.7. The molecular formula is C28H37ClN4O4S. The third-order valence-electron chi connectivity index (χ3n) is 6.95. The molecule has 0 bridgehead atoms. The largest absolute Gasteiger partial charge is 0.449 e. The van der Waals surface area contributed by atoms with Crippen molar-refractivity contribution >= 4 is 41.1 Å². The fraction of sp³-hybridized carbons (Fsp3) is 0.536. The van der Waals surface area contributed by atoms with Gasteiger partial charge in [-0.2, -0.15) is 0 Å². The first-order valence-electron chi connectivity index (χ1n) is 13.3. The van der Waals surface area contributed by atoms with E-state index >= 15 is 0 Å². The molecule has 1 fully saturated rings. The van der Waals surface area contributed by atoms with Crippen LogP contribution in [0.25, 0.3) is 0 Å². The molecule has 38 heavy (non-hydrogen) atoms. The molecule has 3 rings (SSSR count). The summed E-state index contributed by atoms with van der Waals surface area (Å²) in [7, 11) is 0. The fourth-order valence-corrected chi connectivity index (χ4v) is 5.50. The van der Waals surface area contributed by atoms with Crippen molar-refractivity contribution in [2.45, 2.75) is 82.3 Å². The molecule has 1 aliphatic rings. The van der Waals surface area contributed by atoms with E-state index in [1.807, 2.05) is 50.2 Å². The van der Waals surface area contributed by atoms with Crippen molar-refractivity contribution in [3.63, 3.8) is 0 Å². The summed E-state index contributed by atoms with van der Waals surface area (Å²) in [5.74, 6) is -0.482. The van der Waals surface area contributed by atoms with Crippen molar-refractivity contribution in [1.29, 1.82) is 0 Å². The predicted octanol–water partition coefficient (Wildman–Crippen LogP) is 5.90. The summed E-state index contributed by atoms with van der Waals surface area (Å²) < 4.78 is 5.59. The lowest BCUT2D eigenvalue weighted by molar-refractivity contribution is -0.139. The first-order valence-corrected chi connectivity index (χ1v) is 14.6. The molecule has 0 spiro atoms. The van der Waals surface area contributed by atoms with E-state index < -0.39 is 23.8 Å². The second-order valence-electron chi connectivity index (χ2n) is 9.85. The maximum atomic E-state index is 12.9. The normalized spacial score (nSPS) is 15.6. The number of carbonyl (C=O) groups is 3. The summed E-state index contributed by atoms with van der Waals surface area (Å²) >= 11 is 7.48. The number of unbranched alkanes of at least 4 members (excludes halogenated alkanes) is 1. The number of ketones is 1. The van der Waals surface area contributed by atoms with Crippen LogP contribution in [0.4, 0.5) is 4.79 Å². The second kappa shape index (κ2) is 15.1. The molecule has 0 saturated heterocycles. The van der Waals surface area contributed by atoms with Crippen LogP contribution in [-0.4, -0.2) is 46.2 Å². The van der Waals surface area contributed by atoms with E-state index in [4.69, 9.17) is 16.3 Å². The number of carbonyl (C=O) groups excluding carboxylic acids is 3. The molecule has 1 aromatic carbocycles. The van der Waals surface area contributed by atoms with E-state index in [-0.39, 0.29) is 16.7 Å². The predicted molar refractivity (Wildman–Crippen MR) is 149 cm³/mol. The number of Topliss-reactive ketones (excluding diaryl/α,β-unsaturated/α-hetero) is 1. The van der Waals surface area contributed by atoms with Crippen molar-refractivity contribution in [1.82, 2.24) is 20.6 Å². The monoisotopic (exact) mass is 560 g/mol. The van der Waals surface area contributed by atoms with Crippen LogP contribution >= 0.6 is 23.4 Å². The van der Waals surface area contributed by atoms with Crippen molar-refractivity contribution in [2.24, 2.45) is 5.41 Å². The topological polar surface area (TPSA) is 110 Å². The molecule has 0 aliphatic heterocycles. The molecular weight excluding hydrogens is 524 g/mol. The van der Waals surface area contributed by atoms with Gasteiger partial charge in [0.1, 0.15) is 11.1 Å². The minimum absolute atomic E-state index is 0.0351. The number of aromatic nitrogens is 2. The zero-order chi connectivity index (χ0) is 27.4. The van der Waals surface area contributed by atoms with Crippen LogP contribution in [0.2, 0.25) is 5.28 Å². The summed E-state index contributed by atoms with van der Waals surface area (Å²) in [5.41, 5.74) is 0.864. The Kier molecular flexibility index (Phi) is 11.9. The highest BCUT2D eigenvalue weighted by Gasteiger charge is 2.38. The molecule has 8 nitrogen and oxygen atoms in total. The second-order valence-corrected chi connectivity index (χ2v) is 11.3. The van der Waals surface area contributed by atoms with Crippen LogP contribution in [0.15, 0.2) is 47.6 Å². The minimum Gasteiger partial charge on any atom is -0.449 e. The molecule has 2 amide bonds. The van der Waals surface area contributed by atoms with Crippen molar-refractivity contribution in [2.75, 3.05) is 12.4 Å². The Morgan fingerprint density at radius 1 is 1.13 bits per heavy atom. The van der Waals surface area contributed by atoms with Crippen LogP contribution in [0, 0.1) is 5.41 Å². The van der Waals surface area contributed by atoms with Gasteiger partial charge in [-0.05, 0) is 68.0 Å². The van der Waals surface area contributed by atoms with E-state index in [1.165, 1.54) is 0 Å². The molecule has 2 aromatic rings. The molecule has 1 saturated carbocycles. The van der Waals surface area contributed by atoms with Gasteiger partial charge in [0, 0.05) is 11.6 Å². The number of nitrogens with one attached hydrogen (secondary N) is 2. The molecule has 0 radical (unpaired) electrons. The molecule has 1 heterocycles. The Morgan fingerprint density at radius 2 is 1.89 bits per heavy atom. The highest BCUT2D eigenvalue weighted by molar-refractivity contribution is 7.99. The van der Waals surface area contributed by atoms with Gasteiger partial charge in [-0.25, -0.2) is 14.8 Å². The summed E-state index contributed by atoms with van der Waals surface area (Å²) in [6.45, 7) is 4.12. The van der Waals surface area contributed by atoms with Crippen LogP contribution < -0.4 is 10.6 Å². The number of rotatable bonds is 15. The molecule has 0 unspecified atom stereocenters. The lowest BCUT2D eigenvalue weighted by atomic mass is 9.67. The van der Waals surface area contributed by atoms with Gasteiger partial charge < -0.3 is 15.4 Å². The van der Waals surface area contributed by atoms with Crippen molar-refractivity contribution in [3.8, 4) is 0 Å². The van der Waals surface area contributed by atoms with Crippen molar-refractivity contribution in [3.05, 3.63) is 53.4 Å². The van der Waals surface area contributed by atoms with Gasteiger partial charge in [0.05, 0.1) is 12.6 Å². The number of thioether (sulfide) groups is 1. The highest BCUT2D eigenvalue weighted by atomic mass is 35.5. The summed E-state index contributed by atoms with van der Waals surface area (Å²) in [6.07, 6.45) is 7.92. The SMILES string of the molecule is CCCC[C@H](NC(=O)OCC1(CCCSc2ccnc(Cl)n2)CCC1)C(=O)C(=O)N[C@H](C)c1ccccc1. The van der Waals surface area contributed by atoms with Gasteiger partial charge in [-0.1, -0.05) is 56.5 Å². The van der Waals surface area contributed by atoms with Crippen molar-refractivity contribution < 1.29 is 19.1 Å².